The third kappa shape index (κ3) is 7.07. The molecule has 0 amide bonds. The highest BCUT2D eigenvalue weighted by molar-refractivity contribution is 6.12. The van der Waals surface area contributed by atoms with Gasteiger partial charge in [0.25, 0.3) is 0 Å². The molecule has 5 nitrogen and oxygen atoms in total. The highest BCUT2D eigenvalue weighted by atomic mass is 16.5. The second-order valence-corrected chi connectivity index (χ2v) is 20.1. The van der Waals surface area contributed by atoms with Crippen molar-refractivity contribution in [1.29, 1.82) is 0 Å². The van der Waals surface area contributed by atoms with E-state index in [2.05, 4.69) is 254 Å². The maximum Gasteiger partial charge on any atom is 0.159 e. The Morgan fingerprint density at radius 1 is 0.360 bits per heavy atom. The summed E-state index contributed by atoms with van der Waals surface area (Å²) >= 11 is 0. The minimum Gasteiger partial charge on any atom is -0.485 e. The smallest absolute Gasteiger partial charge is 0.159 e. The topological polar surface area (TPSA) is 42.0 Å². The van der Waals surface area contributed by atoms with E-state index in [4.69, 9.17) is 13.6 Å². The van der Waals surface area contributed by atoms with Crippen LogP contribution in [-0.4, -0.2) is 6.10 Å². The van der Waals surface area contributed by atoms with E-state index in [0.29, 0.717) is 0 Å². The molecule has 2 aromatic heterocycles. The summed E-state index contributed by atoms with van der Waals surface area (Å²) in [6.07, 6.45) is 4.56. The molecule has 0 saturated heterocycles. The second-order valence-electron chi connectivity index (χ2n) is 20.1. The number of hydrogen-bond donors (Lipinski definition) is 0. The fourth-order valence-electron chi connectivity index (χ4n) is 11.8. The second kappa shape index (κ2) is 17.0. The van der Waals surface area contributed by atoms with Crippen molar-refractivity contribution in [2.45, 2.75) is 25.9 Å². The molecule has 5 heteroatoms. The zero-order valence-corrected chi connectivity index (χ0v) is 41.4. The first-order valence-corrected chi connectivity index (χ1v) is 25.8. The normalized spacial score (nSPS) is 14.6. The number of para-hydroxylation sites is 4. The van der Waals surface area contributed by atoms with Gasteiger partial charge >= 0.3 is 0 Å². The standard InChI is InChI=1S/C70H48N2O3/c1-43-27-29-49(45-15-5-3-6-16-45)39-63(43)71(61-23-13-21-57-55-19-9-11-25-65(55)74-69(57)61)53-33-31-47-37-59-60-38-48-32-34-54(36-52(48)42-68(60)73-67(59)41-51(47)35-53)72(64-40-50(30-28-44(64)2)46-17-7-4-8-18-46)62-24-14-22-58-56-20-10-12-26-66(56)75-70(58)62/h3-42,59,67H,1-2H3. The quantitative estimate of drug-likeness (QED) is 0.152. The van der Waals surface area contributed by atoms with Crippen molar-refractivity contribution in [2.24, 2.45) is 0 Å². The average Bonchev–Trinajstić information content (AvgIpc) is 4.18. The molecule has 0 saturated carbocycles. The van der Waals surface area contributed by atoms with Crippen molar-refractivity contribution in [3.8, 4) is 28.0 Å². The number of anilines is 6. The average molecular weight is 965 g/mol. The van der Waals surface area contributed by atoms with Crippen LogP contribution in [0.3, 0.4) is 0 Å². The van der Waals surface area contributed by atoms with Gasteiger partial charge in [-0.15, -0.1) is 0 Å². The molecule has 2 atom stereocenters. The predicted octanol–water partition coefficient (Wildman–Crippen LogP) is 17.6. The van der Waals surface area contributed by atoms with Gasteiger partial charge in [-0.05, 0) is 147 Å². The van der Waals surface area contributed by atoms with Crippen LogP contribution in [0, 0.1) is 13.8 Å². The van der Waals surface area contributed by atoms with Crippen LogP contribution in [0.25, 0.3) is 89.1 Å². The van der Waals surface area contributed by atoms with Crippen molar-refractivity contribution >= 4 is 101 Å². The highest BCUT2D eigenvalue weighted by Gasteiger charge is 2.34. The Hall–Kier alpha value is -9.58. The zero-order valence-electron chi connectivity index (χ0n) is 41.4. The van der Waals surface area contributed by atoms with Gasteiger partial charge in [0.15, 0.2) is 11.2 Å². The van der Waals surface area contributed by atoms with E-state index >= 15 is 0 Å². The molecule has 356 valence electrons. The molecule has 0 radical (unpaired) electrons. The summed E-state index contributed by atoms with van der Waals surface area (Å²) in [5.74, 6) is 0.980. The van der Waals surface area contributed by atoms with Crippen molar-refractivity contribution in [1.82, 2.24) is 0 Å². The minimum atomic E-state index is -0.167. The van der Waals surface area contributed by atoms with Gasteiger partial charge in [0, 0.05) is 55.8 Å². The van der Waals surface area contributed by atoms with Crippen molar-refractivity contribution < 1.29 is 13.6 Å². The summed E-state index contributed by atoms with van der Waals surface area (Å²) in [5.41, 5.74) is 17.8. The Kier molecular flexibility index (Phi) is 9.76. The summed E-state index contributed by atoms with van der Waals surface area (Å²) in [6.45, 7) is 4.38. The lowest BCUT2D eigenvalue weighted by Gasteiger charge is -2.28. The molecule has 15 rings (SSSR count). The van der Waals surface area contributed by atoms with Crippen molar-refractivity contribution in [2.75, 3.05) is 9.80 Å². The summed E-state index contributed by atoms with van der Waals surface area (Å²) in [5, 5.41) is 8.97. The molecule has 0 N–H and O–H groups in total. The first-order valence-electron chi connectivity index (χ1n) is 25.8. The van der Waals surface area contributed by atoms with Gasteiger partial charge in [0.1, 0.15) is 23.0 Å². The third-order valence-corrected chi connectivity index (χ3v) is 15.6. The largest absolute Gasteiger partial charge is 0.485 e. The molecule has 11 aromatic carbocycles. The first kappa shape index (κ1) is 43.0. The number of furan rings is 2. The van der Waals surface area contributed by atoms with E-state index < -0.39 is 0 Å². The fraction of sp³-hybridized carbons (Fsp3) is 0.0571. The number of nitrogens with zero attached hydrogens (tertiary/aromatic N) is 2. The summed E-state index contributed by atoms with van der Waals surface area (Å²) < 4.78 is 20.5. The van der Waals surface area contributed by atoms with Crippen LogP contribution < -0.4 is 25.0 Å². The Bertz CT molecular complexity index is 4570. The van der Waals surface area contributed by atoms with Crippen LogP contribution >= 0.6 is 0 Å². The highest BCUT2D eigenvalue weighted by Crippen LogP contribution is 2.48. The van der Waals surface area contributed by atoms with Crippen molar-refractivity contribution in [3.05, 3.63) is 258 Å². The van der Waals surface area contributed by atoms with Crippen LogP contribution in [0.1, 0.15) is 22.6 Å². The molecule has 2 unspecified atom stereocenters. The Labute approximate surface area is 433 Å². The van der Waals surface area contributed by atoms with E-state index in [-0.39, 0.29) is 12.0 Å². The Morgan fingerprint density at radius 2 is 0.893 bits per heavy atom. The molecule has 3 heterocycles. The lowest BCUT2D eigenvalue weighted by Crippen LogP contribution is -2.34. The Morgan fingerprint density at radius 3 is 1.49 bits per heavy atom. The molecule has 75 heavy (non-hydrogen) atoms. The van der Waals surface area contributed by atoms with Crippen LogP contribution in [0.15, 0.2) is 239 Å². The van der Waals surface area contributed by atoms with Crippen LogP contribution in [0.5, 0.6) is 5.75 Å². The maximum atomic E-state index is 7.02. The fourth-order valence-corrected chi connectivity index (χ4v) is 11.8. The number of aryl methyl sites for hydroxylation is 2. The summed E-state index contributed by atoms with van der Waals surface area (Å²) in [7, 11) is 0. The third-order valence-electron chi connectivity index (χ3n) is 15.6. The van der Waals surface area contributed by atoms with Gasteiger partial charge in [0.2, 0.25) is 0 Å². The SMILES string of the molecule is Cc1ccc(-c2ccccc2)cc1N(c1ccc2c(c1)=CC1Oc3cc4cc(N(c5cc(-c6ccccc6)ccc5C)c5cccc6c5oc5ccccc56)ccc4cc3C1C=2)c1cccc2c1oc1ccccc12. The number of rotatable bonds is 8. The number of fused-ring (bicyclic) bond motifs is 11. The number of hydrogen-bond acceptors (Lipinski definition) is 5. The van der Waals surface area contributed by atoms with E-state index in [9.17, 15) is 0 Å². The molecule has 1 aliphatic heterocycles. The van der Waals surface area contributed by atoms with Gasteiger partial charge in [-0.2, -0.15) is 0 Å². The molecule has 0 spiro atoms. The predicted molar refractivity (Wildman–Crippen MR) is 310 cm³/mol. The first-order chi connectivity index (χ1) is 37.0. The lowest BCUT2D eigenvalue weighted by molar-refractivity contribution is 0.288. The van der Waals surface area contributed by atoms with E-state index in [0.717, 1.165) is 122 Å². The monoisotopic (exact) mass is 964 g/mol. The molecular weight excluding hydrogens is 917 g/mol. The Balaban J connectivity index is 0.837. The minimum absolute atomic E-state index is 0.0678. The van der Waals surface area contributed by atoms with Gasteiger partial charge in [0.05, 0.1) is 11.4 Å². The van der Waals surface area contributed by atoms with Gasteiger partial charge in [-0.25, -0.2) is 0 Å². The molecule has 0 bridgehead atoms. The zero-order chi connectivity index (χ0) is 49.7. The van der Waals surface area contributed by atoms with E-state index in [1.807, 2.05) is 12.1 Å². The van der Waals surface area contributed by atoms with Crippen molar-refractivity contribution in [3.63, 3.8) is 0 Å². The molecular formula is C70H48N2O3. The molecule has 1 aliphatic carbocycles. The summed E-state index contributed by atoms with van der Waals surface area (Å²) in [4.78, 5) is 4.74. The maximum absolute atomic E-state index is 7.02. The molecule has 13 aromatic rings. The molecule has 2 aliphatic rings. The number of ether oxygens (including phenoxy) is 1. The molecule has 0 fully saturated rings. The van der Waals surface area contributed by atoms with E-state index in [1.165, 1.54) is 21.9 Å². The van der Waals surface area contributed by atoms with Crippen LogP contribution in [0.2, 0.25) is 0 Å². The van der Waals surface area contributed by atoms with Gasteiger partial charge in [-0.3, -0.25) is 0 Å². The number of benzene rings is 11. The lowest BCUT2D eigenvalue weighted by atomic mass is 9.88. The van der Waals surface area contributed by atoms with Crippen LogP contribution in [0.4, 0.5) is 34.1 Å². The van der Waals surface area contributed by atoms with Gasteiger partial charge < -0.3 is 23.4 Å². The van der Waals surface area contributed by atoms with Crippen LogP contribution in [-0.2, 0) is 0 Å². The summed E-state index contributed by atoms with van der Waals surface area (Å²) in [6, 6.07) is 82.6. The van der Waals surface area contributed by atoms with Gasteiger partial charge in [-0.1, -0.05) is 164 Å². The van der Waals surface area contributed by atoms with E-state index in [1.54, 1.807) is 0 Å².